The van der Waals surface area contributed by atoms with Gasteiger partial charge in [0.2, 0.25) is 5.95 Å². The monoisotopic (exact) mass is 487 g/mol. The van der Waals surface area contributed by atoms with Crippen molar-refractivity contribution >= 4 is 41.1 Å². The van der Waals surface area contributed by atoms with E-state index in [4.69, 9.17) is 11.6 Å². The summed E-state index contributed by atoms with van der Waals surface area (Å²) in [7, 11) is 0. The largest absolute Gasteiger partial charge is 0.341 e. The van der Waals surface area contributed by atoms with E-state index in [0.717, 1.165) is 11.2 Å². The van der Waals surface area contributed by atoms with Gasteiger partial charge in [-0.2, -0.15) is 5.10 Å². The second-order valence-corrected chi connectivity index (χ2v) is 9.10. The topological polar surface area (TPSA) is 104 Å². The maximum atomic E-state index is 14.3. The number of carbonyl (C=O) groups excluding carboxylic acids is 1. The van der Waals surface area contributed by atoms with E-state index in [1.54, 1.807) is 36.4 Å². The van der Waals surface area contributed by atoms with Gasteiger partial charge in [-0.25, -0.2) is 24.2 Å². The molecule has 13 heteroatoms. The number of piperazine rings is 1. The first-order valence-corrected chi connectivity index (χ1v) is 11.5. The molecular formula is C20H19ClFN9OS. The van der Waals surface area contributed by atoms with Gasteiger partial charge in [0.1, 0.15) is 16.7 Å². The fourth-order valence-electron chi connectivity index (χ4n) is 3.76. The number of pyridine rings is 1. The summed E-state index contributed by atoms with van der Waals surface area (Å²) >= 11 is 7.56. The number of hydrazone groups is 1. The van der Waals surface area contributed by atoms with Crippen molar-refractivity contribution in [1.29, 1.82) is 0 Å². The summed E-state index contributed by atoms with van der Waals surface area (Å²) in [4.78, 5) is 29.7. The lowest BCUT2D eigenvalue weighted by Crippen LogP contribution is -2.52. The number of rotatable bonds is 3. The zero-order valence-corrected chi connectivity index (χ0v) is 19.2. The number of hydrogen-bond acceptors (Lipinski definition) is 9. The van der Waals surface area contributed by atoms with Crippen molar-refractivity contribution in [3.63, 3.8) is 0 Å². The van der Waals surface area contributed by atoms with Crippen LogP contribution in [0.2, 0.25) is 5.02 Å². The molecule has 2 aliphatic rings. The lowest BCUT2D eigenvalue weighted by Gasteiger charge is -2.37. The molecule has 0 radical (unpaired) electrons. The highest BCUT2D eigenvalue weighted by atomic mass is 35.5. The Kier molecular flexibility index (Phi) is 5.85. The molecule has 5 rings (SSSR count). The summed E-state index contributed by atoms with van der Waals surface area (Å²) in [6.45, 7) is 3.69. The van der Waals surface area contributed by atoms with Crippen molar-refractivity contribution in [3.05, 3.63) is 46.1 Å². The van der Waals surface area contributed by atoms with E-state index in [1.807, 2.05) is 4.90 Å². The Labute approximate surface area is 197 Å². The van der Waals surface area contributed by atoms with E-state index in [9.17, 15) is 9.18 Å². The molecule has 0 saturated carbocycles. The molecule has 1 saturated heterocycles. The Balaban J connectivity index is 1.27. The normalized spacial score (nSPS) is 18.3. The predicted molar refractivity (Wildman–Crippen MR) is 122 cm³/mol. The van der Waals surface area contributed by atoms with E-state index in [1.165, 1.54) is 16.3 Å². The van der Waals surface area contributed by atoms with Crippen LogP contribution in [-0.4, -0.2) is 73.5 Å². The second-order valence-electron chi connectivity index (χ2n) is 7.51. The number of nitrogens with zero attached hydrogens (tertiary/aromatic N) is 9. The smallest absolute Gasteiger partial charge is 0.337 e. The molecule has 0 aromatic carbocycles. The third-order valence-corrected chi connectivity index (χ3v) is 6.59. The summed E-state index contributed by atoms with van der Waals surface area (Å²) in [6, 6.07) is 2.97. The molecule has 3 aromatic rings. The lowest BCUT2D eigenvalue weighted by molar-refractivity contribution is 0.138. The van der Waals surface area contributed by atoms with Crippen LogP contribution in [0.25, 0.3) is 10.7 Å². The molecule has 0 aliphatic carbocycles. The van der Waals surface area contributed by atoms with Crippen LogP contribution >= 0.6 is 22.9 Å². The minimum absolute atomic E-state index is 0.130. The van der Waals surface area contributed by atoms with Gasteiger partial charge in [-0.1, -0.05) is 22.9 Å². The first kappa shape index (κ1) is 21.6. The van der Waals surface area contributed by atoms with Crippen molar-refractivity contribution in [2.75, 3.05) is 31.1 Å². The van der Waals surface area contributed by atoms with Crippen molar-refractivity contribution in [2.24, 2.45) is 5.10 Å². The van der Waals surface area contributed by atoms with Crippen molar-refractivity contribution < 1.29 is 9.18 Å². The molecule has 3 aromatic heterocycles. The predicted octanol–water partition coefficient (Wildman–Crippen LogP) is 3.17. The molecule has 1 atom stereocenters. The third kappa shape index (κ3) is 4.23. The van der Waals surface area contributed by atoms with Crippen LogP contribution < -0.4 is 4.90 Å². The average molecular weight is 488 g/mol. The van der Waals surface area contributed by atoms with Gasteiger partial charge in [-0.15, -0.1) is 10.2 Å². The molecule has 1 unspecified atom stereocenters. The van der Waals surface area contributed by atoms with Crippen LogP contribution in [0.1, 0.15) is 23.2 Å². The average Bonchev–Trinajstić information content (AvgIpc) is 3.49. The molecule has 0 spiro atoms. The Morgan fingerprint density at radius 3 is 2.76 bits per heavy atom. The molecule has 5 heterocycles. The number of amides is 2. The maximum absolute atomic E-state index is 14.3. The highest BCUT2D eigenvalue weighted by molar-refractivity contribution is 7.14. The Morgan fingerprint density at radius 1 is 1.21 bits per heavy atom. The molecule has 2 amide bonds. The fraction of sp³-hybridized carbons (Fsp3) is 0.350. The summed E-state index contributed by atoms with van der Waals surface area (Å²) in [5.74, 6) is -0.154. The molecule has 0 N–H and O–H groups in total. The minimum Gasteiger partial charge on any atom is -0.337 e. The molecular weight excluding hydrogens is 469 g/mol. The lowest BCUT2D eigenvalue weighted by atomic mass is 10.1. The number of aromatic nitrogens is 5. The number of carbonyl (C=O) groups is 1. The highest BCUT2D eigenvalue weighted by Gasteiger charge is 2.35. The summed E-state index contributed by atoms with van der Waals surface area (Å²) in [6.07, 6.45) is 5.06. The Bertz CT molecular complexity index is 1210. The molecule has 0 bridgehead atoms. The molecule has 1 fully saturated rings. The third-order valence-electron chi connectivity index (χ3n) is 5.42. The van der Waals surface area contributed by atoms with Gasteiger partial charge < -0.3 is 9.80 Å². The van der Waals surface area contributed by atoms with Crippen LogP contribution in [-0.2, 0) is 0 Å². The van der Waals surface area contributed by atoms with Gasteiger partial charge in [-0.3, -0.25) is 4.98 Å². The number of halogens is 2. The fourth-order valence-corrected chi connectivity index (χ4v) is 4.69. The highest BCUT2D eigenvalue weighted by Crippen LogP contribution is 2.32. The quantitative estimate of drug-likeness (QED) is 0.559. The Hall–Kier alpha value is -3.25. The first-order valence-electron chi connectivity index (χ1n) is 10.3. The van der Waals surface area contributed by atoms with E-state index in [-0.39, 0.29) is 17.8 Å². The van der Waals surface area contributed by atoms with Crippen molar-refractivity contribution in [3.8, 4) is 10.7 Å². The van der Waals surface area contributed by atoms with Crippen LogP contribution in [0.15, 0.2) is 29.6 Å². The zero-order chi connectivity index (χ0) is 22.9. The van der Waals surface area contributed by atoms with Crippen molar-refractivity contribution in [2.45, 2.75) is 19.4 Å². The van der Waals surface area contributed by atoms with E-state index in [2.05, 4.69) is 30.3 Å². The van der Waals surface area contributed by atoms with Gasteiger partial charge in [0.15, 0.2) is 10.8 Å². The second kappa shape index (κ2) is 8.94. The van der Waals surface area contributed by atoms with E-state index >= 15 is 0 Å². The number of urea groups is 1. The Morgan fingerprint density at radius 2 is 2.03 bits per heavy atom. The van der Waals surface area contributed by atoms with Crippen LogP contribution in [0.3, 0.4) is 0 Å². The number of hydrogen-bond donors (Lipinski definition) is 0. The zero-order valence-electron chi connectivity index (χ0n) is 17.6. The SMILES string of the molecule is Cc1nnc(-c2nc(N3CCN(C(=O)N4N=CCC4c4ncccc4Cl)CC3)ncc2F)s1. The molecule has 2 aliphatic heterocycles. The summed E-state index contributed by atoms with van der Waals surface area (Å²) in [5, 5.41) is 15.3. The number of aryl methyl sites for hydroxylation is 1. The van der Waals surface area contributed by atoms with Crippen LogP contribution in [0.4, 0.5) is 15.1 Å². The minimum atomic E-state index is -0.546. The first-order chi connectivity index (χ1) is 16.0. The van der Waals surface area contributed by atoms with E-state index in [0.29, 0.717) is 54.3 Å². The standard InChI is InChI=1S/C20H19ClFN9OS/c1-12-27-28-18(33-12)17-14(22)11-24-19(26-17)29-7-9-30(10-8-29)20(32)31-15(4-6-25-31)16-13(21)3-2-5-23-16/h2-3,5-6,11,15H,4,7-10H2,1H3. The van der Waals surface area contributed by atoms with Gasteiger partial charge in [-0.05, 0) is 19.1 Å². The van der Waals surface area contributed by atoms with Gasteiger partial charge >= 0.3 is 6.03 Å². The molecule has 10 nitrogen and oxygen atoms in total. The van der Waals surface area contributed by atoms with Gasteiger partial charge in [0, 0.05) is 45.0 Å². The van der Waals surface area contributed by atoms with Gasteiger partial charge in [0.05, 0.1) is 16.9 Å². The van der Waals surface area contributed by atoms with Crippen molar-refractivity contribution in [1.82, 2.24) is 35.1 Å². The summed E-state index contributed by atoms with van der Waals surface area (Å²) < 4.78 is 14.3. The van der Waals surface area contributed by atoms with Crippen LogP contribution in [0.5, 0.6) is 0 Å². The molecule has 33 heavy (non-hydrogen) atoms. The van der Waals surface area contributed by atoms with Gasteiger partial charge in [0.25, 0.3) is 0 Å². The number of anilines is 1. The molecule has 170 valence electrons. The maximum Gasteiger partial charge on any atom is 0.341 e. The van der Waals surface area contributed by atoms with E-state index < -0.39 is 5.82 Å². The van der Waals surface area contributed by atoms with Crippen LogP contribution in [0, 0.1) is 12.7 Å². The summed E-state index contributed by atoms with van der Waals surface area (Å²) in [5.41, 5.74) is 0.758.